The summed E-state index contributed by atoms with van der Waals surface area (Å²) in [6, 6.07) is 18.9. The maximum Gasteiger partial charge on any atom is 0.417 e. The van der Waals surface area contributed by atoms with Crippen molar-refractivity contribution in [1.29, 1.82) is 0 Å². The molecule has 4 aromatic rings. The molecule has 178 valence electrons. The summed E-state index contributed by atoms with van der Waals surface area (Å²) < 4.78 is 39.1. The molecule has 0 fully saturated rings. The fourth-order valence-corrected chi connectivity index (χ4v) is 3.53. The Bertz CT molecular complexity index is 1380. The van der Waals surface area contributed by atoms with Gasteiger partial charge in [0.1, 0.15) is 0 Å². The van der Waals surface area contributed by atoms with Gasteiger partial charge in [0.05, 0.1) is 16.3 Å². The van der Waals surface area contributed by atoms with E-state index < -0.39 is 22.8 Å². The van der Waals surface area contributed by atoms with Crippen molar-refractivity contribution in [3.63, 3.8) is 0 Å². The highest BCUT2D eigenvalue weighted by molar-refractivity contribution is 6.31. The first-order valence-electron chi connectivity index (χ1n) is 10.4. The zero-order chi connectivity index (χ0) is 25.0. The number of nitrogens with one attached hydrogen (secondary N) is 3. The Morgan fingerprint density at radius 3 is 2.34 bits per heavy atom. The number of hydrogen-bond acceptors (Lipinski definition) is 4. The second kappa shape index (κ2) is 10.0. The van der Waals surface area contributed by atoms with Crippen LogP contribution in [0.3, 0.4) is 0 Å². The van der Waals surface area contributed by atoms with Crippen LogP contribution in [0, 0.1) is 6.92 Å². The minimum Gasteiger partial charge on any atom is -0.324 e. The van der Waals surface area contributed by atoms with E-state index in [2.05, 4.69) is 25.9 Å². The summed E-state index contributed by atoms with van der Waals surface area (Å²) >= 11 is 5.62. The minimum atomic E-state index is -4.63. The quantitative estimate of drug-likeness (QED) is 0.266. The predicted molar refractivity (Wildman–Crippen MR) is 131 cm³/mol. The van der Waals surface area contributed by atoms with Gasteiger partial charge in [-0.3, -0.25) is 0 Å². The fourth-order valence-electron chi connectivity index (χ4n) is 3.30. The molecule has 0 atom stereocenters. The predicted octanol–water partition coefficient (Wildman–Crippen LogP) is 7.51. The van der Waals surface area contributed by atoms with Gasteiger partial charge in [-0.2, -0.15) is 13.2 Å². The first-order valence-corrected chi connectivity index (χ1v) is 10.8. The molecule has 4 rings (SSSR count). The second-order valence-electron chi connectivity index (χ2n) is 7.61. The zero-order valence-corrected chi connectivity index (χ0v) is 19.1. The molecule has 10 heteroatoms. The van der Waals surface area contributed by atoms with Crippen molar-refractivity contribution in [2.75, 3.05) is 16.0 Å². The number of anilines is 4. The number of halogens is 4. The van der Waals surface area contributed by atoms with Crippen LogP contribution in [0.25, 0.3) is 11.3 Å². The molecular weight excluding hydrogens is 479 g/mol. The first kappa shape index (κ1) is 24.0. The van der Waals surface area contributed by atoms with Gasteiger partial charge in [0, 0.05) is 28.8 Å². The number of amides is 2. The Kier molecular flexibility index (Phi) is 6.88. The molecular formula is C25H19ClF3N5O. The van der Waals surface area contributed by atoms with Crippen LogP contribution in [0.15, 0.2) is 79.0 Å². The number of rotatable bonds is 5. The van der Waals surface area contributed by atoms with Crippen LogP contribution >= 0.6 is 11.6 Å². The molecule has 0 saturated carbocycles. The highest BCUT2D eigenvalue weighted by Gasteiger charge is 2.33. The highest BCUT2D eigenvalue weighted by Crippen LogP contribution is 2.36. The van der Waals surface area contributed by atoms with Gasteiger partial charge in [-0.05, 0) is 55.5 Å². The van der Waals surface area contributed by atoms with E-state index in [1.165, 1.54) is 6.07 Å². The van der Waals surface area contributed by atoms with Crippen LogP contribution < -0.4 is 16.0 Å². The molecule has 1 aromatic heterocycles. The van der Waals surface area contributed by atoms with Crippen LogP contribution in [-0.4, -0.2) is 16.0 Å². The van der Waals surface area contributed by atoms with Gasteiger partial charge in [-0.15, -0.1) is 0 Å². The van der Waals surface area contributed by atoms with Crippen LogP contribution in [-0.2, 0) is 6.18 Å². The lowest BCUT2D eigenvalue weighted by Crippen LogP contribution is -2.20. The molecule has 2 amide bonds. The molecule has 1 heterocycles. The van der Waals surface area contributed by atoms with Crippen molar-refractivity contribution >= 4 is 40.6 Å². The molecule has 0 aliphatic carbocycles. The smallest absolute Gasteiger partial charge is 0.324 e. The van der Waals surface area contributed by atoms with Gasteiger partial charge in [0.25, 0.3) is 0 Å². The third-order valence-electron chi connectivity index (χ3n) is 4.88. The SMILES string of the molecule is Cc1cccc(-c2ccnc(Nc3cccc(NC(=O)Nc4ccc(Cl)c(C(F)(F)F)c4)c3)n2)c1. The largest absolute Gasteiger partial charge is 0.417 e. The van der Waals surface area contributed by atoms with Crippen molar-refractivity contribution < 1.29 is 18.0 Å². The Morgan fingerprint density at radius 1 is 0.886 bits per heavy atom. The van der Waals surface area contributed by atoms with Crippen molar-refractivity contribution in [3.8, 4) is 11.3 Å². The van der Waals surface area contributed by atoms with E-state index >= 15 is 0 Å². The van der Waals surface area contributed by atoms with Crippen molar-refractivity contribution in [1.82, 2.24) is 9.97 Å². The number of urea groups is 1. The molecule has 3 aromatic carbocycles. The van der Waals surface area contributed by atoms with Crippen molar-refractivity contribution in [2.45, 2.75) is 13.1 Å². The molecule has 0 bridgehead atoms. The summed E-state index contributed by atoms with van der Waals surface area (Å²) in [7, 11) is 0. The topological polar surface area (TPSA) is 78.9 Å². The van der Waals surface area contributed by atoms with Crippen LogP contribution in [0.5, 0.6) is 0 Å². The Balaban J connectivity index is 1.45. The van der Waals surface area contributed by atoms with Gasteiger partial charge < -0.3 is 16.0 Å². The standard InChI is InChI=1S/C25H19ClF3N5O/c1-15-4-2-5-16(12-15)22-10-11-30-23(34-22)31-17-6-3-7-18(13-17)32-24(35)33-19-8-9-21(26)20(14-19)25(27,28)29/h2-14H,1H3,(H,30,31,34)(H2,32,33,35). The van der Waals surface area contributed by atoms with E-state index in [9.17, 15) is 18.0 Å². The first-order chi connectivity index (χ1) is 16.7. The number of carbonyl (C=O) groups excluding carboxylic acids is 1. The maximum absolute atomic E-state index is 13.0. The Hall–Kier alpha value is -4.11. The minimum absolute atomic E-state index is 0.0464. The number of aromatic nitrogens is 2. The summed E-state index contributed by atoms with van der Waals surface area (Å²) in [5.41, 5.74) is 2.76. The molecule has 0 unspecified atom stereocenters. The normalized spacial score (nSPS) is 11.1. The highest BCUT2D eigenvalue weighted by atomic mass is 35.5. The summed E-state index contributed by atoms with van der Waals surface area (Å²) in [6.45, 7) is 2.00. The molecule has 0 aliphatic rings. The molecule has 3 N–H and O–H groups in total. The third kappa shape index (κ3) is 6.27. The van der Waals surface area contributed by atoms with Gasteiger partial charge in [-0.25, -0.2) is 14.8 Å². The number of aryl methyl sites for hydroxylation is 1. The van der Waals surface area contributed by atoms with Crippen molar-refractivity contribution in [2.24, 2.45) is 0 Å². The van der Waals surface area contributed by atoms with Crippen molar-refractivity contribution in [3.05, 3.63) is 95.1 Å². The molecule has 6 nitrogen and oxygen atoms in total. The number of alkyl halides is 3. The van der Waals surface area contributed by atoms with Crippen LogP contribution in [0.2, 0.25) is 5.02 Å². The monoisotopic (exact) mass is 497 g/mol. The summed E-state index contributed by atoms with van der Waals surface area (Å²) in [6.07, 6.45) is -2.99. The Labute approximate surface area is 204 Å². The molecule has 0 aliphatic heterocycles. The lowest BCUT2D eigenvalue weighted by molar-refractivity contribution is -0.137. The number of nitrogens with zero attached hydrogens (tertiary/aromatic N) is 2. The zero-order valence-electron chi connectivity index (χ0n) is 18.3. The second-order valence-corrected chi connectivity index (χ2v) is 8.02. The third-order valence-corrected chi connectivity index (χ3v) is 5.21. The fraction of sp³-hybridized carbons (Fsp3) is 0.0800. The molecule has 0 spiro atoms. The van der Waals surface area contributed by atoms with Gasteiger partial charge >= 0.3 is 12.2 Å². The lowest BCUT2D eigenvalue weighted by Gasteiger charge is -2.13. The van der Waals surface area contributed by atoms with Gasteiger partial charge in [-0.1, -0.05) is 41.4 Å². The summed E-state index contributed by atoms with van der Waals surface area (Å²) in [5, 5.41) is 7.60. The molecule has 0 radical (unpaired) electrons. The molecule has 35 heavy (non-hydrogen) atoms. The van der Waals surface area contributed by atoms with E-state index in [-0.39, 0.29) is 5.69 Å². The van der Waals surface area contributed by atoms with Gasteiger partial charge in [0.15, 0.2) is 0 Å². The van der Waals surface area contributed by atoms with E-state index in [4.69, 9.17) is 11.6 Å². The summed E-state index contributed by atoms with van der Waals surface area (Å²) in [5.74, 6) is 0.367. The summed E-state index contributed by atoms with van der Waals surface area (Å²) in [4.78, 5) is 21.1. The number of hydrogen-bond donors (Lipinski definition) is 3. The number of benzene rings is 3. The van der Waals surface area contributed by atoms with Gasteiger partial charge in [0.2, 0.25) is 5.95 Å². The van der Waals surface area contributed by atoms with Crippen LogP contribution in [0.4, 0.5) is 41.0 Å². The Morgan fingerprint density at radius 2 is 1.60 bits per heavy atom. The van der Waals surface area contributed by atoms with E-state index in [1.807, 2.05) is 37.3 Å². The van der Waals surface area contributed by atoms with E-state index in [0.29, 0.717) is 17.3 Å². The average molecular weight is 498 g/mol. The lowest BCUT2D eigenvalue weighted by atomic mass is 10.1. The maximum atomic E-state index is 13.0. The van der Waals surface area contributed by atoms with E-state index in [0.717, 1.165) is 29.0 Å². The number of carbonyl (C=O) groups is 1. The van der Waals surface area contributed by atoms with E-state index in [1.54, 1.807) is 30.5 Å². The van der Waals surface area contributed by atoms with Crippen LogP contribution in [0.1, 0.15) is 11.1 Å². The average Bonchev–Trinajstić information content (AvgIpc) is 2.80. The molecule has 0 saturated heterocycles.